The number of rotatable bonds is 4. The second kappa shape index (κ2) is 5.51. The van der Waals surface area contributed by atoms with E-state index in [0.717, 1.165) is 15.2 Å². The molecule has 3 nitrogen and oxygen atoms in total. The Hall–Kier alpha value is -2.07. The van der Waals surface area contributed by atoms with Crippen molar-refractivity contribution in [3.63, 3.8) is 0 Å². The Balaban J connectivity index is 1.75. The van der Waals surface area contributed by atoms with Gasteiger partial charge in [0.05, 0.1) is 5.69 Å². The minimum absolute atomic E-state index is 0.0303. The normalized spacial score (nSPS) is 10.7. The number of fused-ring (bicyclic) bond motifs is 1. The van der Waals surface area contributed by atoms with Crippen LogP contribution in [-0.2, 0) is 0 Å². The Bertz CT molecular complexity index is 750. The molecule has 0 aliphatic carbocycles. The van der Waals surface area contributed by atoms with Gasteiger partial charge in [-0.05, 0) is 47.2 Å². The summed E-state index contributed by atoms with van der Waals surface area (Å²) in [6.45, 7) is 0.0303. The van der Waals surface area contributed by atoms with Crippen LogP contribution in [0.25, 0.3) is 10.8 Å². The van der Waals surface area contributed by atoms with Crippen molar-refractivity contribution in [2.24, 2.45) is 0 Å². The Morgan fingerprint density at radius 1 is 1.10 bits per heavy atom. The fourth-order valence-electron chi connectivity index (χ4n) is 2.01. The van der Waals surface area contributed by atoms with Crippen LogP contribution < -0.4 is 4.74 Å². The van der Waals surface area contributed by atoms with Crippen LogP contribution in [-0.4, -0.2) is 17.4 Å². The van der Waals surface area contributed by atoms with Gasteiger partial charge in [0.2, 0.25) is 5.78 Å². The molecule has 2 aromatic carbocycles. The second-order valence-electron chi connectivity index (χ2n) is 4.45. The highest BCUT2D eigenvalue weighted by molar-refractivity contribution is 9.10. The number of H-pyrrole nitrogens is 1. The van der Waals surface area contributed by atoms with Crippen molar-refractivity contribution in [2.45, 2.75) is 0 Å². The SMILES string of the molecule is O=C(COc1ccc2cc(Br)ccc2c1)c1ccc[nH]1. The molecule has 0 aliphatic rings. The quantitative estimate of drug-likeness (QED) is 0.729. The first-order chi connectivity index (χ1) is 9.72. The first kappa shape index (κ1) is 12.9. The number of ether oxygens (including phenoxy) is 1. The zero-order chi connectivity index (χ0) is 13.9. The zero-order valence-corrected chi connectivity index (χ0v) is 12.2. The van der Waals surface area contributed by atoms with Crippen molar-refractivity contribution in [1.82, 2.24) is 4.98 Å². The Morgan fingerprint density at radius 2 is 1.90 bits per heavy atom. The topological polar surface area (TPSA) is 42.1 Å². The number of aromatic nitrogens is 1. The number of hydrogen-bond acceptors (Lipinski definition) is 2. The van der Waals surface area contributed by atoms with E-state index in [-0.39, 0.29) is 12.4 Å². The van der Waals surface area contributed by atoms with Crippen molar-refractivity contribution in [3.8, 4) is 5.75 Å². The molecule has 1 N–H and O–H groups in total. The first-order valence-electron chi connectivity index (χ1n) is 6.21. The van der Waals surface area contributed by atoms with E-state index in [2.05, 4.69) is 20.9 Å². The van der Waals surface area contributed by atoms with Crippen LogP contribution >= 0.6 is 15.9 Å². The summed E-state index contributed by atoms with van der Waals surface area (Å²) >= 11 is 3.44. The third-order valence-electron chi connectivity index (χ3n) is 3.04. The van der Waals surface area contributed by atoms with Crippen LogP contribution in [0.2, 0.25) is 0 Å². The Kier molecular flexibility index (Phi) is 3.56. The molecule has 0 unspecified atom stereocenters. The Morgan fingerprint density at radius 3 is 2.70 bits per heavy atom. The van der Waals surface area contributed by atoms with Gasteiger partial charge < -0.3 is 9.72 Å². The lowest BCUT2D eigenvalue weighted by Crippen LogP contribution is -2.11. The second-order valence-corrected chi connectivity index (χ2v) is 5.36. The predicted octanol–water partition coefficient (Wildman–Crippen LogP) is 4.19. The molecule has 20 heavy (non-hydrogen) atoms. The predicted molar refractivity (Wildman–Crippen MR) is 82.3 cm³/mol. The molecule has 4 heteroatoms. The number of carbonyl (C=O) groups is 1. The van der Waals surface area contributed by atoms with E-state index in [0.29, 0.717) is 11.4 Å². The molecule has 0 saturated carbocycles. The van der Waals surface area contributed by atoms with Gasteiger partial charge in [0.1, 0.15) is 5.75 Å². The number of aromatic amines is 1. The molecular weight excluding hydrogens is 318 g/mol. The summed E-state index contributed by atoms with van der Waals surface area (Å²) in [5.74, 6) is 0.630. The number of benzene rings is 2. The molecule has 0 fully saturated rings. The fraction of sp³-hybridized carbons (Fsp3) is 0.0625. The van der Waals surface area contributed by atoms with Gasteiger partial charge >= 0.3 is 0 Å². The number of Topliss-reactive ketones (excluding diaryl/α,β-unsaturated/α-hetero) is 1. The van der Waals surface area contributed by atoms with E-state index in [4.69, 9.17) is 4.74 Å². The maximum Gasteiger partial charge on any atom is 0.216 e. The van der Waals surface area contributed by atoms with Crippen molar-refractivity contribution in [1.29, 1.82) is 0 Å². The molecule has 0 amide bonds. The highest BCUT2D eigenvalue weighted by Gasteiger charge is 2.07. The van der Waals surface area contributed by atoms with Gasteiger partial charge in [0, 0.05) is 10.7 Å². The van der Waals surface area contributed by atoms with Gasteiger partial charge in [-0.2, -0.15) is 0 Å². The van der Waals surface area contributed by atoms with E-state index >= 15 is 0 Å². The van der Waals surface area contributed by atoms with Crippen molar-refractivity contribution < 1.29 is 9.53 Å². The summed E-state index contributed by atoms with van der Waals surface area (Å²) in [5.41, 5.74) is 0.565. The van der Waals surface area contributed by atoms with E-state index in [1.54, 1.807) is 18.3 Å². The molecule has 0 atom stereocenters. The van der Waals surface area contributed by atoms with Crippen LogP contribution in [0.4, 0.5) is 0 Å². The fourth-order valence-corrected chi connectivity index (χ4v) is 2.39. The molecule has 0 spiro atoms. The van der Waals surface area contributed by atoms with Gasteiger partial charge in [-0.1, -0.05) is 28.1 Å². The van der Waals surface area contributed by atoms with Gasteiger partial charge in [-0.3, -0.25) is 4.79 Å². The van der Waals surface area contributed by atoms with E-state index in [1.807, 2.05) is 36.4 Å². The molecule has 100 valence electrons. The number of nitrogens with one attached hydrogen (secondary N) is 1. The maximum atomic E-state index is 11.8. The number of hydrogen-bond donors (Lipinski definition) is 1. The van der Waals surface area contributed by atoms with E-state index < -0.39 is 0 Å². The van der Waals surface area contributed by atoms with Gasteiger partial charge in [0.25, 0.3) is 0 Å². The molecule has 1 heterocycles. The van der Waals surface area contributed by atoms with Crippen molar-refractivity contribution in [3.05, 3.63) is 64.9 Å². The third-order valence-corrected chi connectivity index (χ3v) is 3.54. The summed E-state index contributed by atoms with van der Waals surface area (Å²) in [4.78, 5) is 14.7. The number of halogens is 1. The van der Waals surface area contributed by atoms with Crippen LogP contribution in [0.3, 0.4) is 0 Å². The monoisotopic (exact) mass is 329 g/mol. The summed E-state index contributed by atoms with van der Waals surface area (Å²) in [6, 6.07) is 15.4. The molecule has 3 aromatic rings. The van der Waals surface area contributed by atoms with Crippen LogP contribution in [0.15, 0.2) is 59.2 Å². The van der Waals surface area contributed by atoms with E-state index in [9.17, 15) is 4.79 Å². The number of carbonyl (C=O) groups excluding carboxylic acids is 1. The smallest absolute Gasteiger partial charge is 0.216 e. The average molecular weight is 330 g/mol. The highest BCUT2D eigenvalue weighted by Crippen LogP contribution is 2.24. The summed E-state index contributed by atoms with van der Waals surface area (Å²) in [6.07, 6.45) is 1.72. The Labute approximate surface area is 124 Å². The zero-order valence-electron chi connectivity index (χ0n) is 10.6. The highest BCUT2D eigenvalue weighted by atomic mass is 79.9. The largest absolute Gasteiger partial charge is 0.485 e. The molecule has 3 rings (SSSR count). The van der Waals surface area contributed by atoms with Crippen molar-refractivity contribution >= 4 is 32.5 Å². The lowest BCUT2D eigenvalue weighted by atomic mass is 10.1. The van der Waals surface area contributed by atoms with Crippen LogP contribution in [0.1, 0.15) is 10.5 Å². The maximum absolute atomic E-state index is 11.8. The summed E-state index contributed by atoms with van der Waals surface area (Å²) in [7, 11) is 0. The standard InChI is InChI=1S/C16H12BrNO2/c17-13-5-3-12-9-14(6-4-11(12)8-13)20-10-16(19)15-2-1-7-18-15/h1-9,18H,10H2. The molecule has 0 radical (unpaired) electrons. The average Bonchev–Trinajstić information content (AvgIpc) is 2.99. The summed E-state index contributed by atoms with van der Waals surface area (Å²) in [5, 5.41) is 2.21. The molecule has 0 bridgehead atoms. The van der Waals surface area contributed by atoms with E-state index in [1.165, 1.54) is 0 Å². The van der Waals surface area contributed by atoms with Gasteiger partial charge in [-0.15, -0.1) is 0 Å². The van der Waals surface area contributed by atoms with Crippen molar-refractivity contribution in [2.75, 3.05) is 6.61 Å². The van der Waals surface area contributed by atoms with Gasteiger partial charge in [-0.25, -0.2) is 0 Å². The number of ketones is 1. The molecule has 1 aromatic heterocycles. The van der Waals surface area contributed by atoms with Gasteiger partial charge in [0.15, 0.2) is 6.61 Å². The first-order valence-corrected chi connectivity index (χ1v) is 7.00. The van der Waals surface area contributed by atoms with Crippen LogP contribution in [0.5, 0.6) is 5.75 Å². The minimum Gasteiger partial charge on any atom is -0.485 e. The molecule has 0 aliphatic heterocycles. The van der Waals surface area contributed by atoms with Crippen LogP contribution in [0, 0.1) is 0 Å². The minimum atomic E-state index is -0.0640. The molecular formula is C16H12BrNO2. The lowest BCUT2D eigenvalue weighted by molar-refractivity contribution is 0.0917. The third kappa shape index (κ3) is 2.75. The molecule has 0 saturated heterocycles. The summed E-state index contributed by atoms with van der Waals surface area (Å²) < 4.78 is 6.59. The lowest BCUT2D eigenvalue weighted by Gasteiger charge is -2.06.